The first-order chi connectivity index (χ1) is 11.5. The molecule has 2 aromatic carbocycles. The van der Waals surface area contributed by atoms with Crippen molar-refractivity contribution >= 4 is 11.6 Å². The number of hydrogen-bond acceptors (Lipinski definition) is 4. The summed E-state index contributed by atoms with van der Waals surface area (Å²) in [5, 5.41) is 13.9. The van der Waals surface area contributed by atoms with Crippen LogP contribution in [-0.2, 0) is 11.3 Å². The smallest absolute Gasteiger partial charge is 0.248 e. The number of aromatic nitrogens is 4. The van der Waals surface area contributed by atoms with Crippen LogP contribution in [0.25, 0.3) is 11.4 Å². The van der Waals surface area contributed by atoms with Crippen molar-refractivity contribution in [2.45, 2.75) is 6.54 Å². The molecular weight excluding hydrogens is 323 g/mol. The summed E-state index contributed by atoms with van der Waals surface area (Å²) in [4.78, 5) is 12.9. The number of halogens is 3. The van der Waals surface area contributed by atoms with E-state index < -0.39 is 23.4 Å². The van der Waals surface area contributed by atoms with Crippen molar-refractivity contribution in [1.29, 1.82) is 0 Å². The maximum atomic E-state index is 13.1. The van der Waals surface area contributed by atoms with Gasteiger partial charge in [0.1, 0.15) is 12.4 Å². The summed E-state index contributed by atoms with van der Waals surface area (Å²) in [6, 6.07) is 8.49. The first-order valence-corrected chi connectivity index (χ1v) is 6.80. The number of benzene rings is 2. The Morgan fingerprint density at radius 2 is 1.79 bits per heavy atom. The highest BCUT2D eigenvalue weighted by atomic mass is 19.2. The predicted octanol–water partition coefficient (Wildman–Crippen LogP) is 2.40. The minimum Gasteiger partial charge on any atom is -0.324 e. The predicted molar refractivity (Wildman–Crippen MR) is 78.2 cm³/mol. The van der Waals surface area contributed by atoms with Crippen LogP contribution in [0.2, 0.25) is 0 Å². The van der Waals surface area contributed by atoms with E-state index in [1.807, 2.05) is 0 Å². The fraction of sp³-hybridized carbons (Fsp3) is 0.0667. The number of amides is 1. The number of rotatable bonds is 4. The highest BCUT2D eigenvalue weighted by Gasteiger charge is 2.11. The Morgan fingerprint density at radius 3 is 2.50 bits per heavy atom. The van der Waals surface area contributed by atoms with Gasteiger partial charge >= 0.3 is 0 Å². The molecule has 0 saturated heterocycles. The van der Waals surface area contributed by atoms with Crippen LogP contribution in [0, 0.1) is 17.5 Å². The molecule has 0 fully saturated rings. The second-order valence-electron chi connectivity index (χ2n) is 4.83. The molecule has 1 aromatic heterocycles. The number of nitrogens with one attached hydrogen (secondary N) is 1. The van der Waals surface area contributed by atoms with E-state index in [2.05, 4.69) is 20.7 Å². The second-order valence-corrected chi connectivity index (χ2v) is 4.83. The standard InChI is InChI=1S/C15H10F3N5O/c16-10-3-1-9(2-4-10)15-20-22-23(21-15)8-14(24)19-11-5-6-12(17)13(18)7-11/h1-7H,8H2,(H,19,24). The van der Waals surface area contributed by atoms with E-state index in [0.29, 0.717) is 5.56 Å². The number of carbonyl (C=O) groups is 1. The lowest BCUT2D eigenvalue weighted by molar-refractivity contribution is -0.117. The molecule has 0 bridgehead atoms. The molecule has 122 valence electrons. The van der Waals surface area contributed by atoms with E-state index in [0.717, 1.165) is 16.9 Å². The average Bonchev–Trinajstić information content (AvgIpc) is 3.00. The van der Waals surface area contributed by atoms with Crippen LogP contribution >= 0.6 is 0 Å². The summed E-state index contributed by atoms with van der Waals surface area (Å²) in [5.41, 5.74) is 0.654. The molecule has 0 unspecified atom stereocenters. The molecule has 0 atom stereocenters. The molecule has 0 aliphatic rings. The Hall–Kier alpha value is -3.23. The molecule has 24 heavy (non-hydrogen) atoms. The molecule has 0 aliphatic carbocycles. The van der Waals surface area contributed by atoms with Gasteiger partial charge < -0.3 is 5.32 Å². The number of anilines is 1. The van der Waals surface area contributed by atoms with Crippen molar-refractivity contribution in [3.63, 3.8) is 0 Å². The van der Waals surface area contributed by atoms with Crippen molar-refractivity contribution in [1.82, 2.24) is 20.2 Å². The highest BCUT2D eigenvalue weighted by molar-refractivity contribution is 5.90. The first kappa shape index (κ1) is 15.7. The first-order valence-electron chi connectivity index (χ1n) is 6.80. The number of tetrazole rings is 1. The zero-order chi connectivity index (χ0) is 17.1. The fourth-order valence-electron chi connectivity index (χ4n) is 1.93. The SMILES string of the molecule is O=C(Cn1nnc(-c2ccc(F)cc2)n1)Nc1ccc(F)c(F)c1. The van der Waals surface area contributed by atoms with Crippen molar-refractivity contribution in [3.8, 4) is 11.4 Å². The Kier molecular flexibility index (Phi) is 4.23. The van der Waals surface area contributed by atoms with Gasteiger partial charge in [-0.05, 0) is 41.6 Å². The molecule has 0 spiro atoms. The van der Waals surface area contributed by atoms with Crippen LogP contribution in [0.5, 0.6) is 0 Å². The van der Waals surface area contributed by atoms with Crippen LogP contribution in [-0.4, -0.2) is 26.1 Å². The molecule has 3 rings (SSSR count). The van der Waals surface area contributed by atoms with Gasteiger partial charge in [0.05, 0.1) is 0 Å². The molecule has 0 radical (unpaired) electrons. The zero-order valence-electron chi connectivity index (χ0n) is 12.1. The number of carbonyl (C=O) groups excluding carboxylic acids is 1. The molecule has 1 heterocycles. The normalized spacial score (nSPS) is 10.6. The monoisotopic (exact) mass is 333 g/mol. The third-order valence-electron chi connectivity index (χ3n) is 3.04. The van der Waals surface area contributed by atoms with Gasteiger partial charge in [0.25, 0.3) is 0 Å². The van der Waals surface area contributed by atoms with E-state index in [-0.39, 0.29) is 18.1 Å². The second kappa shape index (κ2) is 6.49. The highest BCUT2D eigenvalue weighted by Crippen LogP contribution is 2.14. The van der Waals surface area contributed by atoms with Gasteiger partial charge in [0.2, 0.25) is 11.7 Å². The summed E-state index contributed by atoms with van der Waals surface area (Å²) in [5.74, 6) is -2.77. The maximum absolute atomic E-state index is 13.1. The third kappa shape index (κ3) is 3.57. The van der Waals surface area contributed by atoms with Gasteiger partial charge in [0.15, 0.2) is 11.6 Å². The van der Waals surface area contributed by atoms with Gasteiger partial charge in [-0.25, -0.2) is 13.2 Å². The summed E-state index contributed by atoms with van der Waals surface area (Å²) < 4.78 is 38.8. The molecular formula is C15H10F3N5O. The van der Waals surface area contributed by atoms with Crippen LogP contribution in [0.1, 0.15) is 0 Å². The summed E-state index contributed by atoms with van der Waals surface area (Å²) in [7, 11) is 0. The van der Waals surface area contributed by atoms with Gasteiger partial charge in [-0.1, -0.05) is 0 Å². The van der Waals surface area contributed by atoms with Crippen LogP contribution in [0.3, 0.4) is 0 Å². The summed E-state index contributed by atoms with van der Waals surface area (Å²) in [6.45, 7) is -0.271. The van der Waals surface area contributed by atoms with Gasteiger partial charge in [0, 0.05) is 17.3 Å². The Bertz CT molecular complexity index is 879. The number of nitrogens with zero attached hydrogens (tertiary/aromatic N) is 4. The Labute approximate surface area is 133 Å². The van der Waals surface area contributed by atoms with Crippen LogP contribution in [0.15, 0.2) is 42.5 Å². The third-order valence-corrected chi connectivity index (χ3v) is 3.04. The lowest BCUT2D eigenvalue weighted by Gasteiger charge is -2.04. The summed E-state index contributed by atoms with van der Waals surface area (Å²) >= 11 is 0. The van der Waals surface area contributed by atoms with Crippen molar-refractivity contribution in [2.24, 2.45) is 0 Å². The fourth-order valence-corrected chi connectivity index (χ4v) is 1.93. The molecule has 0 aliphatic heterocycles. The maximum Gasteiger partial charge on any atom is 0.248 e. The van der Waals surface area contributed by atoms with Crippen molar-refractivity contribution < 1.29 is 18.0 Å². The van der Waals surface area contributed by atoms with E-state index in [1.165, 1.54) is 30.3 Å². The average molecular weight is 333 g/mol. The van der Waals surface area contributed by atoms with Crippen LogP contribution in [0.4, 0.5) is 18.9 Å². The zero-order valence-corrected chi connectivity index (χ0v) is 12.1. The molecule has 3 aromatic rings. The van der Waals surface area contributed by atoms with E-state index in [1.54, 1.807) is 0 Å². The molecule has 0 saturated carbocycles. The minimum atomic E-state index is -1.06. The minimum absolute atomic E-state index is 0.109. The van der Waals surface area contributed by atoms with Crippen molar-refractivity contribution in [3.05, 3.63) is 59.9 Å². The Balaban J connectivity index is 1.66. The van der Waals surface area contributed by atoms with E-state index in [9.17, 15) is 18.0 Å². The number of hydrogen-bond donors (Lipinski definition) is 1. The molecule has 1 N–H and O–H groups in total. The van der Waals surface area contributed by atoms with Gasteiger partial charge in [-0.3, -0.25) is 4.79 Å². The quantitative estimate of drug-likeness (QED) is 0.796. The van der Waals surface area contributed by atoms with E-state index in [4.69, 9.17) is 0 Å². The molecule has 6 nitrogen and oxygen atoms in total. The topological polar surface area (TPSA) is 72.7 Å². The molecule has 1 amide bonds. The van der Waals surface area contributed by atoms with Gasteiger partial charge in [-0.15, -0.1) is 10.2 Å². The van der Waals surface area contributed by atoms with Crippen molar-refractivity contribution in [2.75, 3.05) is 5.32 Å². The lowest BCUT2D eigenvalue weighted by Crippen LogP contribution is -2.20. The van der Waals surface area contributed by atoms with Crippen LogP contribution < -0.4 is 5.32 Å². The lowest BCUT2D eigenvalue weighted by atomic mass is 10.2. The Morgan fingerprint density at radius 1 is 1.04 bits per heavy atom. The van der Waals surface area contributed by atoms with Gasteiger partial charge in [-0.2, -0.15) is 4.80 Å². The van der Waals surface area contributed by atoms with E-state index >= 15 is 0 Å². The molecule has 9 heteroatoms. The summed E-state index contributed by atoms with van der Waals surface area (Å²) in [6.07, 6.45) is 0. The largest absolute Gasteiger partial charge is 0.324 e.